The fraction of sp³-hybridized carbons (Fsp3) is 0.800. The Morgan fingerprint density at radius 3 is 2.50 bits per heavy atom. The van der Waals surface area contributed by atoms with E-state index in [1.54, 1.807) is 6.92 Å². The van der Waals surface area contributed by atoms with Crippen molar-refractivity contribution >= 4 is 29.2 Å². The number of carbonyl (C=O) groups is 1. The van der Waals surface area contributed by atoms with Crippen molar-refractivity contribution in [3.05, 3.63) is 0 Å². The van der Waals surface area contributed by atoms with E-state index in [4.69, 9.17) is 28.9 Å². The van der Waals surface area contributed by atoms with E-state index >= 15 is 0 Å². The van der Waals surface area contributed by atoms with E-state index in [1.807, 2.05) is 0 Å². The van der Waals surface area contributed by atoms with Crippen LogP contribution in [0, 0.1) is 0 Å². The van der Waals surface area contributed by atoms with Crippen LogP contribution in [0.25, 0.3) is 0 Å². The third-order valence-electron chi connectivity index (χ3n) is 0.827. The number of rotatable bonds is 3. The highest BCUT2D eigenvalue weighted by Crippen LogP contribution is 2.05. The van der Waals surface area contributed by atoms with Gasteiger partial charge in [0, 0.05) is 6.54 Å². The first-order chi connectivity index (χ1) is 4.57. The van der Waals surface area contributed by atoms with E-state index in [-0.39, 0.29) is 12.6 Å². The first-order valence-electron chi connectivity index (χ1n) is 2.76. The third-order valence-corrected chi connectivity index (χ3v) is 1.18. The van der Waals surface area contributed by atoms with Gasteiger partial charge in [-0.15, -0.1) is 0 Å². The van der Waals surface area contributed by atoms with Crippen LogP contribution in [0.1, 0.15) is 6.92 Å². The number of esters is 1. The Morgan fingerprint density at radius 1 is 1.70 bits per heavy atom. The van der Waals surface area contributed by atoms with Crippen LogP contribution in [0.4, 0.5) is 0 Å². The van der Waals surface area contributed by atoms with Gasteiger partial charge >= 0.3 is 5.97 Å². The Labute approximate surface area is 69.4 Å². The second-order valence-corrected chi connectivity index (χ2v) is 2.88. The predicted octanol–water partition coefficient (Wildman–Crippen LogP) is 0.680. The average molecular weight is 186 g/mol. The van der Waals surface area contributed by atoms with Crippen LogP contribution in [0.5, 0.6) is 0 Å². The predicted molar refractivity (Wildman–Crippen MR) is 40.1 cm³/mol. The van der Waals surface area contributed by atoms with E-state index in [0.717, 1.165) is 0 Å². The van der Waals surface area contributed by atoms with Crippen LogP contribution in [0.3, 0.4) is 0 Å². The summed E-state index contributed by atoms with van der Waals surface area (Å²) in [6, 6.07) is 0. The van der Waals surface area contributed by atoms with Crippen molar-refractivity contribution in [3.63, 3.8) is 0 Å². The zero-order chi connectivity index (χ0) is 8.15. The maximum Gasteiger partial charge on any atom is 0.339 e. The summed E-state index contributed by atoms with van der Waals surface area (Å²) < 4.78 is 4.63. The summed E-state index contributed by atoms with van der Waals surface area (Å²) in [4.78, 5) is 9.45. The van der Waals surface area contributed by atoms with Crippen molar-refractivity contribution in [3.8, 4) is 0 Å². The summed E-state index contributed by atoms with van der Waals surface area (Å²) in [5.74, 6) is -0.652. The summed E-state index contributed by atoms with van der Waals surface area (Å²) >= 11 is 10.4. The van der Waals surface area contributed by atoms with Crippen molar-refractivity contribution in [1.29, 1.82) is 0 Å². The molecule has 0 saturated carbocycles. The molecular formula is C5H9Cl2NO2. The molecule has 3 nitrogen and oxygen atoms in total. The van der Waals surface area contributed by atoms with Crippen molar-refractivity contribution < 1.29 is 9.53 Å². The molecule has 0 aromatic carbocycles. The summed E-state index contributed by atoms with van der Waals surface area (Å²) in [5, 5.41) is 0. The van der Waals surface area contributed by atoms with Gasteiger partial charge in [-0.1, -0.05) is 23.2 Å². The van der Waals surface area contributed by atoms with Crippen molar-refractivity contribution in [1.82, 2.24) is 0 Å². The quantitative estimate of drug-likeness (QED) is 0.520. The van der Waals surface area contributed by atoms with Crippen LogP contribution < -0.4 is 5.73 Å². The molecule has 0 aliphatic heterocycles. The number of halogens is 2. The zero-order valence-electron chi connectivity index (χ0n) is 5.51. The lowest BCUT2D eigenvalue weighted by atomic mass is 10.4. The second-order valence-electron chi connectivity index (χ2n) is 1.78. The monoisotopic (exact) mass is 185 g/mol. The minimum atomic E-state index is -1.12. The molecule has 0 aliphatic rings. The molecular weight excluding hydrogens is 177 g/mol. The van der Waals surface area contributed by atoms with Gasteiger partial charge in [0.05, 0.1) is 0 Å². The highest BCUT2D eigenvalue weighted by Gasteiger charge is 2.15. The molecule has 0 fully saturated rings. The normalized spacial score (nSPS) is 13.3. The van der Waals surface area contributed by atoms with E-state index in [2.05, 4.69) is 4.74 Å². The zero-order valence-corrected chi connectivity index (χ0v) is 7.02. The number of hydrogen-bond donors (Lipinski definition) is 1. The lowest BCUT2D eigenvalue weighted by molar-refractivity contribution is -0.145. The minimum absolute atomic E-state index is 0.270. The molecule has 1 unspecified atom stereocenters. The summed E-state index contributed by atoms with van der Waals surface area (Å²) in [6.07, 6.45) is -0.326. The van der Waals surface area contributed by atoms with Gasteiger partial charge in [-0.05, 0) is 6.92 Å². The largest absolute Gasteiger partial charge is 0.459 e. The van der Waals surface area contributed by atoms with Crippen molar-refractivity contribution in [2.45, 2.75) is 17.9 Å². The van der Waals surface area contributed by atoms with E-state index in [1.165, 1.54) is 0 Å². The number of carbonyl (C=O) groups excluding carboxylic acids is 1. The molecule has 0 amide bonds. The molecule has 0 rings (SSSR count). The Hall–Kier alpha value is 0.01000. The highest BCUT2D eigenvalue weighted by molar-refractivity contribution is 6.52. The molecule has 0 spiro atoms. The topological polar surface area (TPSA) is 52.3 Å². The van der Waals surface area contributed by atoms with Gasteiger partial charge in [-0.3, -0.25) is 0 Å². The van der Waals surface area contributed by atoms with E-state index < -0.39 is 10.8 Å². The Morgan fingerprint density at radius 2 is 2.20 bits per heavy atom. The number of hydrogen-bond acceptors (Lipinski definition) is 3. The van der Waals surface area contributed by atoms with Crippen molar-refractivity contribution in [2.24, 2.45) is 5.73 Å². The molecule has 5 heteroatoms. The smallest absolute Gasteiger partial charge is 0.339 e. The molecule has 60 valence electrons. The highest BCUT2D eigenvalue weighted by atomic mass is 35.5. The van der Waals surface area contributed by atoms with Crippen LogP contribution >= 0.6 is 23.2 Å². The van der Waals surface area contributed by atoms with Crippen LogP contribution in [0.15, 0.2) is 0 Å². The van der Waals surface area contributed by atoms with Gasteiger partial charge < -0.3 is 10.5 Å². The van der Waals surface area contributed by atoms with Crippen LogP contribution in [-0.4, -0.2) is 23.5 Å². The van der Waals surface area contributed by atoms with Crippen LogP contribution in [-0.2, 0) is 9.53 Å². The van der Waals surface area contributed by atoms with Crippen LogP contribution in [0.2, 0.25) is 0 Å². The number of ether oxygens (including phenoxy) is 1. The maximum absolute atomic E-state index is 10.6. The molecule has 0 saturated heterocycles. The molecule has 0 bridgehead atoms. The molecule has 0 heterocycles. The molecule has 0 aromatic rings. The summed E-state index contributed by atoms with van der Waals surface area (Å²) in [6.45, 7) is 1.93. The van der Waals surface area contributed by atoms with E-state index in [0.29, 0.717) is 0 Å². The molecule has 10 heavy (non-hydrogen) atoms. The first-order valence-corrected chi connectivity index (χ1v) is 3.64. The standard InChI is InChI=1S/C5H9Cl2NO2/c1-3(2-8)10-5(9)4(6)7/h3-4H,2,8H2,1H3. The third kappa shape index (κ3) is 3.93. The van der Waals surface area contributed by atoms with E-state index in [9.17, 15) is 4.79 Å². The maximum atomic E-state index is 10.6. The molecule has 0 aromatic heterocycles. The minimum Gasteiger partial charge on any atom is -0.459 e. The number of nitrogens with two attached hydrogens (primary N) is 1. The fourth-order valence-electron chi connectivity index (χ4n) is 0.298. The van der Waals surface area contributed by atoms with Gasteiger partial charge in [-0.25, -0.2) is 4.79 Å². The Bertz CT molecular complexity index is 118. The number of alkyl halides is 2. The molecule has 2 N–H and O–H groups in total. The fourth-order valence-corrected chi connectivity index (χ4v) is 0.401. The summed E-state index contributed by atoms with van der Waals surface area (Å²) in [7, 11) is 0. The lowest BCUT2D eigenvalue weighted by Crippen LogP contribution is -2.26. The van der Waals surface area contributed by atoms with Crippen molar-refractivity contribution in [2.75, 3.05) is 6.54 Å². The summed E-state index contributed by atoms with van der Waals surface area (Å²) in [5.41, 5.74) is 5.16. The van der Waals surface area contributed by atoms with Gasteiger partial charge in [0.1, 0.15) is 6.10 Å². The Balaban J connectivity index is 3.57. The van der Waals surface area contributed by atoms with Gasteiger partial charge in [0.25, 0.3) is 0 Å². The Kier molecular flexibility index (Phi) is 4.77. The van der Waals surface area contributed by atoms with Gasteiger partial charge in [0.15, 0.2) is 0 Å². The van der Waals surface area contributed by atoms with Gasteiger partial charge in [0.2, 0.25) is 4.84 Å². The second kappa shape index (κ2) is 4.77. The molecule has 1 atom stereocenters. The lowest BCUT2D eigenvalue weighted by Gasteiger charge is -2.10. The molecule has 0 radical (unpaired) electrons. The van der Waals surface area contributed by atoms with Gasteiger partial charge in [-0.2, -0.15) is 0 Å². The SMILES string of the molecule is CC(CN)OC(=O)C(Cl)Cl. The average Bonchev–Trinajstić information content (AvgIpc) is 1.87. The molecule has 0 aliphatic carbocycles. The first kappa shape index (κ1) is 10.0.